The van der Waals surface area contributed by atoms with E-state index < -0.39 is 0 Å². The summed E-state index contributed by atoms with van der Waals surface area (Å²) in [5.41, 5.74) is 2.11. The van der Waals surface area contributed by atoms with Crippen molar-refractivity contribution >= 4 is 0 Å². The molecule has 0 unspecified atom stereocenters. The molecule has 8 heteroatoms. The summed E-state index contributed by atoms with van der Waals surface area (Å²) in [7, 11) is 0. The average Bonchev–Trinajstić information content (AvgIpc) is 2.79. The Hall–Kier alpha value is -4.64. The van der Waals surface area contributed by atoms with Crippen molar-refractivity contribution in [3.63, 3.8) is 0 Å². The first-order valence-corrected chi connectivity index (χ1v) is 9.25. The molecule has 3 aromatic carbocycles. The molecule has 4 rings (SSSR count). The Labute approximate surface area is 177 Å². The monoisotopic (exact) mass is 409 g/mol. The normalized spacial score (nSPS) is 10.4. The van der Waals surface area contributed by atoms with Crippen molar-refractivity contribution in [2.24, 2.45) is 5.18 Å². The summed E-state index contributed by atoms with van der Waals surface area (Å²) in [5, 5.41) is 32.8. The van der Waals surface area contributed by atoms with Crippen molar-refractivity contribution < 1.29 is 10.2 Å². The second kappa shape index (κ2) is 8.39. The zero-order chi connectivity index (χ0) is 21.8. The van der Waals surface area contributed by atoms with Crippen LogP contribution >= 0.6 is 0 Å². The van der Waals surface area contributed by atoms with Crippen LogP contribution < -0.4 is 0 Å². The van der Waals surface area contributed by atoms with Gasteiger partial charge in [-0.15, -0.1) is 0 Å². The fraction of sp³-hybridized carbons (Fsp3) is 0.0435. The molecule has 150 valence electrons. The Bertz CT molecular complexity index is 1270. The maximum Gasteiger partial charge on any atom is 0.167 e. The van der Waals surface area contributed by atoms with E-state index in [9.17, 15) is 20.4 Å². The van der Waals surface area contributed by atoms with Crippen molar-refractivity contribution in [3.8, 4) is 51.7 Å². The third-order valence-corrected chi connectivity index (χ3v) is 4.55. The van der Waals surface area contributed by atoms with Crippen LogP contribution in [0.15, 0.2) is 71.9 Å². The lowest BCUT2D eigenvalue weighted by atomic mass is 10.1. The van der Waals surface area contributed by atoms with Gasteiger partial charge in [-0.1, -0.05) is 29.4 Å². The van der Waals surface area contributed by atoms with Crippen molar-refractivity contribution in [1.29, 1.82) is 5.26 Å². The van der Waals surface area contributed by atoms with E-state index in [1.54, 1.807) is 54.6 Å². The Morgan fingerprint density at radius 3 is 1.87 bits per heavy atom. The molecule has 0 spiro atoms. The average molecular weight is 409 g/mol. The van der Waals surface area contributed by atoms with E-state index in [-0.39, 0.29) is 35.5 Å². The van der Waals surface area contributed by atoms with Gasteiger partial charge in [0.1, 0.15) is 18.0 Å². The second-order valence-corrected chi connectivity index (χ2v) is 6.66. The molecular formula is C23H15N5O3. The minimum Gasteiger partial charge on any atom is -0.507 e. The predicted octanol–water partition coefficient (Wildman–Crippen LogP) is 4.42. The lowest BCUT2D eigenvalue weighted by molar-refractivity contribution is 0.477. The van der Waals surface area contributed by atoms with Crippen molar-refractivity contribution in [1.82, 2.24) is 15.0 Å². The second-order valence-electron chi connectivity index (χ2n) is 6.66. The SMILES string of the molecule is N#Cc1cc(CN=O)cc(-c2nc(-c3ccccc3O)nc(-c3ccccc3O)n2)c1. The molecule has 2 N–H and O–H groups in total. The van der Waals surface area contributed by atoms with Crippen LogP contribution in [0.4, 0.5) is 0 Å². The molecule has 0 atom stereocenters. The smallest absolute Gasteiger partial charge is 0.167 e. The number of nitroso groups, excluding NO2 is 1. The van der Waals surface area contributed by atoms with Crippen LogP contribution in [0.2, 0.25) is 0 Å². The highest BCUT2D eigenvalue weighted by Gasteiger charge is 2.16. The summed E-state index contributed by atoms with van der Waals surface area (Å²) in [6.45, 7) is -0.105. The van der Waals surface area contributed by atoms with Crippen LogP contribution in [0.3, 0.4) is 0 Å². The summed E-state index contributed by atoms with van der Waals surface area (Å²) in [6.07, 6.45) is 0. The number of nitrogens with zero attached hydrogens (tertiary/aromatic N) is 5. The van der Waals surface area contributed by atoms with Gasteiger partial charge in [-0.05, 0) is 48.0 Å². The molecule has 1 heterocycles. The van der Waals surface area contributed by atoms with Crippen molar-refractivity contribution in [3.05, 3.63) is 82.8 Å². The van der Waals surface area contributed by atoms with Crippen LogP contribution in [0, 0.1) is 16.2 Å². The number of phenols is 2. The fourth-order valence-corrected chi connectivity index (χ4v) is 3.12. The molecule has 0 amide bonds. The van der Waals surface area contributed by atoms with Crippen molar-refractivity contribution in [2.45, 2.75) is 6.54 Å². The number of rotatable bonds is 5. The van der Waals surface area contributed by atoms with E-state index in [0.29, 0.717) is 27.8 Å². The van der Waals surface area contributed by atoms with Gasteiger partial charge in [-0.25, -0.2) is 15.0 Å². The number of phenolic OH excluding ortho intramolecular Hbond substituents is 2. The first kappa shape index (κ1) is 19.7. The quantitative estimate of drug-likeness (QED) is 0.466. The molecule has 0 aliphatic rings. The maximum atomic E-state index is 10.7. The largest absolute Gasteiger partial charge is 0.507 e. The van der Waals surface area contributed by atoms with Gasteiger partial charge in [0.2, 0.25) is 0 Å². The molecule has 0 aliphatic carbocycles. The maximum absolute atomic E-state index is 10.7. The van der Waals surface area contributed by atoms with Crippen LogP contribution in [0.25, 0.3) is 34.2 Å². The van der Waals surface area contributed by atoms with E-state index in [1.807, 2.05) is 0 Å². The highest BCUT2D eigenvalue weighted by molar-refractivity contribution is 5.72. The van der Waals surface area contributed by atoms with E-state index in [2.05, 4.69) is 26.2 Å². The van der Waals surface area contributed by atoms with Gasteiger partial charge in [0.05, 0.1) is 22.8 Å². The van der Waals surface area contributed by atoms with E-state index in [1.165, 1.54) is 12.1 Å². The number of aromatic hydroxyl groups is 2. The molecule has 0 bridgehead atoms. The minimum absolute atomic E-state index is 0.0143. The number of aromatic nitrogens is 3. The predicted molar refractivity (Wildman–Crippen MR) is 114 cm³/mol. The van der Waals surface area contributed by atoms with E-state index in [0.717, 1.165) is 0 Å². The molecule has 0 fully saturated rings. The zero-order valence-corrected chi connectivity index (χ0v) is 16.1. The summed E-state index contributed by atoms with van der Waals surface area (Å²) in [5.74, 6) is 0.576. The fourth-order valence-electron chi connectivity index (χ4n) is 3.12. The topological polar surface area (TPSA) is 132 Å². The lowest BCUT2D eigenvalue weighted by Gasteiger charge is -2.10. The Morgan fingerprint density at radius 1 is 0.806 bits per heavy atom. The number of nitriles is 1. The van der Waals surface area contributed by atoms with Crippen LogP contribution in [0.5, 0.6) is 11.5 Å². The first-order valence-electron chi connectivity index (χ1n) is 9.25. The van der Waals surface area contributed by atoms with Gasteiger partial charge in [0.25, 0.3) is 0 Å². The molecular weight excluding hydrogens is 394 g/mol. The first-order chi connectivity index (χ1) is 15.1. The molecule has 0 radical (unpaired) electrons. The summed E-state index contributed by atoms with van der Waals surface area (Å²) in [4.78, 5) is 24.2. The molecule has 4 aromatic rings. The van der Waals surface area contributed by atoms with Crippen LogP contribution in [-0.4, -0.2) is 25.2 Å². The minimum atomic E-state index is -0.105. The Morgan fingerprint density at radius 2 is 1.35 bits per heavy atom. The number of para-hydroxylation sites is 2. The summed E-state index contributed by atoms with van der Waals surface area (Å²) >= 11 is 0. The van der Waals surface area contributed by atoms with Crippen LogP contribution in [-0.2, 0) is 6.54 Å². The van der Waals surface area contributed by atoms with Gasteiger partial charge >= 0.3 is 0 Å². The lowest BCUT2D eigenvalue weighted by Crippen LogP contribution is -2.01. The molecule has 31 heavy (non-hydrogen) atoms. The third kappa shape index (κ3) is 4.06. The zero-order valence-electron chi connectivity index (χ0n) is 16.1. The van der Waals surface area contributed by atoms with E-state index >= 15 is 0 Å². The van der Waals surface area contributed by atoms with Gasteiger partial charge in [0.15, 0.2) is 17.5 Å². The van der Waals surface area contributed by atoms with Gasteiger partial charge in [0, 0.05) is 5.56 Å². The van der Waals surface area contributed by atoms with E-state index in [4.69, 9.17) is 0 Å². The van der Waals surface area contributed by atoms with Crippen LogP contribution in [0.1, 0.15) is 11.1 Å². The van der Waals surface area contributed by atoms with Gasteiger partial charge in [-0.2, -0.15) is 10.2 Å². The molecule has 0 saturated heterocycles. The molecule has 0 saturated carbocycles. The van der Waals surface area contributed by atoms with Crippen molar-refractivity contribution in [2.75, 3.05) is 0 Å². The molecule has 0 aliphatic heterocycles. The van der Waals surface area contributed by atoms with Gasteiger partial charge in [-0.3, -0.25) is 0 Å². The number of benzene rings is 3. The number of hydrogen-bond donors (Lipinski definition) is 2. The summed E-state index contributed by atoms with van der Waals surface area (Å²) < 4.78 is 0. The van der Waals surface area contributed by atoms with Gasteiger partial charge < -0.3 is 10.2 Å². The standard InChI is InChI=1S/C23H15N5O3/c24-12-14-9-15(13-25-31)11-16(10-14)21-26-22(17-5-1-3-7-19(17)29)28-23(27-21)18-6-2-4-8-20(18)30/h1-11,29-30H,13H2. The summed E-state index contributed by atoms with van der Waals surface area (Å²) in [6, 6.07) is 20.1. The highest BCUT2D eigenvalue weighted by atomic mass is 16.3. The third-order valence-electron chi connectivity index (χ3n) is 4.55. The number of hydrogen-bond acceptors (Lipinski definition) is 8. The molecule has 8 nitrogen and oxygen atoms in total. The highest BCUT2D eigenvalue weighted by Crippen LogP contribution is 2.32. The Balaban J connectivity index is 1.98. The molecule has 1 aromatic heterocycles. The Kier molecular flexibility index (Phi) is 5.32.